The molecule has 0 radical (unpaired) electrons. The topological polar surface area (TPSA) is 41.5 Å². The Bertz CT molecular complexity index is 152. The van der Waals surface area contributed by atoms with Gasteiger partial charge in [0.05, 0.1) is 11.7 Å². The maximum atomic E-state index is 10.2. The number of likely N-dealkylation sites (N-methyl/N-ethyl adjacent to an activating group) is 1. The largest absolute Gasteiger partial charge is 0.388 e. The van der Waals surface area contributed by atoms with Crippen molar-refractivity contribution in [2.45, 2.75) is 44.3 Å². The Labute approximate surface area is 80.5 Å². The molecule has 1 saturated carbocycles. The van der Waals surface area contributed by atoms with E-state index in [9.17, 15) is 5.11 Å². The van der Waals surface area contributed by atoms with Crippen molar-refractivity contribution in [3.63, 3.8) is 0 Å². The van der Waals surface area contributed by atoms with Crippen molar-refractivity contribution in [2.24, 2.45) is 0 Å². The van der Waals surface area contributed by atoms with Gasteiger partial charge in [-0.15, -0.1) is 0 Å². The van der Waals surface area contributed by atoms with E-state index in [1.165, 1.54) is 0 Å². The number of ether oxygens (including phenoxy) is 1. The Kier molecular flexibility index (Phi) is 4.16. The number of hydrogen-bond donors (Lipinski definition) is 2. The second-order valence-corrected chi connectivity index (χ2v) is 3.96. The molecule has 2 atom stereocenters. The molecular weight excluding hydrogens is 166 g/mol. The second-order valence-electron chi connectivity index (χ2n) is 3.96. The number of aliphatic hydroxyl groups is 1. The van der Waals surface area contributed by atoms with Gasteiger partial charge in [-0.25, -0.2) is 0 Å². The van der Waals surface area contributed by atoms with Crippen LogP contribution >= 0.6 is 0 Å². The van der Waals surface area contributed by atoms with E-state index < -0.39 is 5.60 Å². The first-order valence-electron chi connectivity index (χ1n) is 5.16. The first-order valence-corrected chi connectivity index (χ1v) is 5.16. The summed E-state index contributed by atoms with van der Waals surface area (Å²) in [6.45, 7) is 3.67. The molecule has 1 rings (SSSR count). The number of hydrogen-bond acceptors (Lipinski definition) is 3. The summed E-state index contributed by atoms with van der Waals surface area (Å²) < 4.78 is 5.28. The molecule has 0 amide bonds. The van der Waals surface area contributed by atoms with Crippen LogP contribution in [0, 0.1) is 0 Å². The van der Waals surface area contributed by atoms with Crippen LogP contribution in [0.5, 0.6) is 0 Å². The van der Waals surface area contributed by atoms with Crippen molar-refractivity contribution >= 4 is 0 Å². The van der Waals surface area contributed by atoms with Gasteiger partial charge in [-0.2, -0.15) is 0 Å². The minimum Gasteiger partial charge on any atom is -0.388 e. The fraction of sp³-hybridized carbons (Fsp3) is 1.00. The Morgan fingerprint density at radius 1 is 1.62 bits per heavy atom. The summed E-state index contributed by atoms with van der Waals surface area (Å²) in [4.78, 5) is 0. The van der Waals surface area contributed by atoms with Crippen molar-refractivity contribution in [1.29, 1.82) is 0 Å². The zero-order chi connectivity index (χ0) is 9.73. The molecule has 0 spiro atoms. The van der Waals surface area contributed by atoms with Crippen LogP contribution in [0.15, 0.2) is 0 Å². The summed E-state index contributed by atoms with van der Waals surface area (Å²) in [7, 11) is 1.73. The fourth-order valence-electron chi connectivity index (χ4n) is 2.01. The molecule has 0 aromatic heterocycles. The van der Waals surface area contributed by atoms with Gasteiger partial charge < -0.3 is 15.2 Å². The predicted molar refractivity (Wildman–Crippen MR) is 52.8 cm³/mol. The summed E-state index contributed by atoms with van der Waals surface area (Å²) in [6, 6.07) is 0. The molecule has 0 aliphatic heterocycles. The number of rotatable bonds is 4. The van der Waals surface area contributed by atoms with E-state index in [1.807, 2.05) is 0 Å². The minimum absolute atomic E-state index is 0.248. The summed E-state index contributed by atoms with van der Waals surface area (Å²) in [5.74, 6) is 0. The molecule has 0 saturated heterocycles. The van der Waals surface area contributed by atoms with E-state index in [2.05, 4.69) is 12.2 Å². The Morgan fingerprint density at radius 2 is 2.38 bits per heavy atom. The lowest BCUT2D eigenvalue weighted by Crippen LogP contribution is -2.46. The molecule has 3 heteroatoms. The van der Waals surface area contributed by atoms with Crippen LogP contribution < -0.4 is 5.32 Å². The molecular formula is C10H21NO2. The molecule has 0 heterocycles. The van der Waals surface area contributed by atoms with Crippen molar-refractivity contribution in [1.82, 2.24) is 5.32 Å². The van der Waals surface area contributed by atoms with Gasteiger partial charge in [0.25, 0.3) is 0 Å². The van der Waals surface area contributed by atoms with Crippen LogP contribution in [0.2, 0.25) is 0 Å². The van der Waals surface area contributed by atoms with Gasteiger partial charge in [0, 0.05) is 20.1 Å². The fourth-order valence-corrected chi connectivity index (χ4v) is 2.01. The summed E-state index contributed by atoms with van der Waals surface area (Å²) in [5, 5.41) is 13.4. The van der Waals surface area contributed by atoms with Crippen LogP contribution in [-0.2, 0) is 4.74 Å². The lowest BCUT2D eigenvalue weighted by molar-refractivity contribution is -0.0569. The van der Waals surface area contributed by atoms with Gasteiger partial charge in [0.2, 0.25) is 0 Å². The smallest absolute Gasteiger partial charge is 0.0796 e. The lowest BCUT2D eigenvalue weighted by Gasteiger charge is -2.36. The van der Waals surface area contributed by atoms with Gasteiger partial charge in [-0.3, -0.25) is 0 Å². The molecule has 0 aromatic carbocycles. The molecule has 1 fully saturated rings. The highest BCUT2D eigenvalue weighted by molar-refractivity contribution is 4.88. The van der Waals surface area contributed by atoms with Gasteiger partial charge in [-0.05, 0) is 25.8 Å². The zero-order valence-corrected chi connectivity index (χ0v) is 8.68. The first-order chi connectivity index (χ1) is 6.20. The lowest BCUT2D eigenvalue weighted by atomic mass is 9.83. The SMILES string of the molecule is CCNCC1(O)CCCC(OC)C1. The van der Waals surface area contributed by atoms with E-state index in [4.69, 9.17) is 4.74 Å². The molecule has 2 N–H and O–H groups in total. The van der Waals surface area contributed by atoms with Crippen molar-refractivity contribution < 1.29 is 9.84 Å². The monoisotopic (exact) mass is 187 g/mol. The molecule has 78 valence electrons. The maximum Gasteiger partial charge on any atom is 0.0796 e. The van der Waals surface area contributed by atoms with E-state index in [1.54, 1.807) is 7.11 Å². The summed E-state index contributed by atoms with van der Waals surface area (Å²) in [6.07, 6.45) is 4.08. The number of methoxy groups -OCH3 is 1. The number of nitrogens with one attached hydrogen (secondary N) is 1. The van der Waals surface area contributed by atoms with Crippen molar-refractivity contribution in [2.75, 3.05) is 20.2 Å². The van der Waals surface area contributed by atoms with Gasteiger partial charge >= 0.3 is 0 Å². The van der Waals surface area contributed by atoms with E-state index >= 15 is 0 Å². The van der Waals surface area contributed by atoms with E-state index in [0.717, 1.165) is 32.2 Å². The third kappa shape index (κ3) is 3.25. The van der Waals surface area contributed by atoms with Crippen LogP contribution in [0.1, 0.15) is 32.6 Å². The normalized spacial score (nSPS) is 34.8. The van der Waals surface area contributed by atoms with Crippen LogP contribution in [0.3, 0.4) is 0 Å². The average molecular weight is 187 g/mol. The van der Waals surface area contributed by atoms with E-state index in [0.29, 0.717) is 6.54 Å². The van der Waals surface area contributed by atoms with Gasteiger partial charge in [0.1, 0.15) is 0 Å². The predicted octanol–water partition coefficient (Wildman–Crippen LogP) is 0.916. The Morgan fingerprint density at radius 3 is 3.00 bits per heavy atom. The van der Waals surface area contributed by atoms with Gasteiger partial charge in [-0.1, -0.05) is 6.92 Å². The Balaban J connectivity index is 2.37. The highest BCUT2D eigenvalue weighted by atomic mass is 16.5. The van der Waals surface area contributed by atoms with E-state index in [-0.39, 0.29) is 6.10 Å². The third-order valence-corrected chi connectivity index (χ3v) is 2.81. The highest BCUT2D eigenvalue weighted by Gasteiger charge is 2.33. The van der Waals surface area contributed by atoms with Crippen LogP contribution in [0.4, 0.5) is 0 Å². The zero-order valence-electron chi connectivity index (χ0n) is 8.68. The average Bonchev–Trinajstić information content (AvgIpc) is 2.15. The summed E-state index contributed by atoms with van der Waals surface area (Å²) in [5.41, 5.74) is -0.533. The molecule has 0 bridgehead atoms. The second kappa shape index (κ2) is 4.94. The standard InChI is InChI=1S/C10H21NO2/c1-3-11-8-10(12)6-4-5-9(7-10)13-2/h9,11-12H,3-8H2,1-2H3. The molecule has 13 heavy (non-hydrogen) atoms. The first kappa shape index (κ1) is 11.0. The van der Waals surface area contributed by atoms with Crippen molar-refractivity contribution in [3.05, 3.63) is 0 Å². The quantitative estimate of drug-likeness (QED) is 0.687. The summed E-state index contributed by atoms with van der Waals surface area (Å²) >= 11 is 0. The molecule has 1 aliphatic rings. The molecule has 3 nitrogen and oxygen atoms in total. The molecule has 0 aromatic rings. The molecule has 1 aliphatic carbocycles. The van der Waals surface area contributed by atoms with Crippen molar-refractivity contribution in [3.8, 4) is 0 Å². The Hall–Kier alpha value is -0.120. The van der Waals surface area contributed by atoms with Crippen LogP contribution in [-0.4, -0.2) is 37.0 Å². The highest BCUT2D eigenvalue weighted by Crippen LogP contribution is 2.29. The van der Waals surface area contributed by atoms with Crippen LogP contribution in [0.25, 0.3) is 0 Å². The molecule has 2 unspecified atom stereocenters. The minimum atomic E-state index is -0.533. The third-order valence-electron chi connectivity index (χ3n) is 2.81. The van der Waals surface area contributed by atoms with Gasteiger partial charge in [0.15, 0.2) is 0 Å². The maximum absolute atomic E-state index is 10.2.